The van der Waals surface area contributed by atoms with Gasteiger partial charge in [0.25, 0.3) is 0 Å². The molecule has 0 N–H and O–H groups in total. The molecule has 0 radical (unpaired) electrons. The van der Waals surface area contributed by atoms with E-state index in [0.29, 0.717) is 5.92 Å². The average Bonchev–Trinajstić information content (AvgIpc) is 1.87. The van der Waals surface area contributed by atoms with Gasteiger partial charge in [0, 0.05) is 0 Å². The van der Waals surface area contributed by atoms with Crippen molar-refractivity contribution in [2.75, 3.05) is 0 Å². The van der Waals surface area contributed by atoms with Crippen LogP contribution in [0.15, 0.2) is 23.8 Å². The Balaban J connectivity index is 3.88. The van der Waals surface area contributed by atoms with E-state index in [-0.39, 0.29) is 0 Å². The van der Waals surface area contributed by atoms with Crippen LogP contribution in [0, 0.1) is 5.92 Å². The summed E-state index contributed by atoms with van der Waals surface area (Å²) in [6.07, 6.45) is 6.46. The van der Waals surface area contributed by atoms with Gasteiger partial charge in [-0.2, -0.15) is 0 Å². The van der Waals surface area contributed by atoms with E-state index >= 15 is 0 Å². The number of rotatable bonds is 2. The SMILES string of the molecule is CC=CC(C)C(C)=CC. The highest BCUT2D eigenvalue weighted by molar-refractivity contribution is 5.07. The molecular formula is C9H16. The minimum atomic E-state index is 0.611. The molecule has 0 aromatic carbocycles. The average molecular weight is 124 g/mol. The summed E-state index contributed by atoms with van der Waals surface area (Å²) in [7, 11) is 0. The number of hydrogen-bond acceptors (Lipinski definition) is 0. The molecule has 0 spiro atoms. The molecule has 0 saturated carbocycles. The second kappa shape index (κ2) is 4.37. The third-order valence-electron chi connectivity index (χ3n) is 1.65. The Labute approximate surface area is 58.3 Å². The molecule has 0 aliphatic heterocycles. The molecule has 0 rings (SSSR count). The second-order valence-electron chi connectivity index (χ2n) is 2.35. The lowest BCUT2D eigenvalue weighted by Gasteiger charge is -2.03. The van der Waals surface area contributed by atoms with Gasteiger partial charge in [-0.15, -0.1) is 0 Å². The summed E-state index contributed by atoms with van der Waals surface area (Å²) in [6, 6.07) is 0. The predicted octanol–water partition coefficient (Wildman–Crippen LogP) is 3.16. The lowest BCUT2D eigenvalue weighted by atomic mass is 10.0. The molecule has 1 atom stereocenters. The van der Waals surface area contributed by atoms with Crippen LogP contribution < -0.4 is 0 Å². The molecule has 0 nitrogen and oxygen atoms in total. The second-order valence-corrected chi connectivity index (χ2v) is 2.35. The fourth-order valence-electron chi connectivity index (χ4n) is 0.703. The summed E-state index contributed by atoms with van der Waals surface area (Å²) in [5.41, 5.74) is 1.44. The van der Waals surface area contributed by atoms with Crippen molar-refractivity contribution in [2.45, 2.75) is 27.7 Å². The minimum absolute atomic E-state index is 0.611. The topological polar surface area (TPSA) is 0 Å². The first kappa shape index (κ1) is 8.48. The van der Waals surface area contributed by atoms with Crippen LogP contribution in [0.5, 0.6) is 0 Å². The first-order chi connectivity index (χ1) is 4.22. The van der Waals surface area contributed by atoms with Crippen LogP contribution in [0.25, 0.3) is 0 Å². The third kappa shape index (κ3) is 3.12. The van der Waals surface area contributed by atoms with Gasteiger partial charge in [-0.3, -0.25) is 0 Å². The van der Waals surface area contributed by atoms with Crippen molar-refractivity contribution < 1.29 is 0 Å². The van der Waals surface area contributed by atoms with Gasteiger partial charge in [0.2, 0.25) is 0 Å². The quantitative estimate of drug-likeness (QED) is 0.496. The molecule has 0 saturated heterocycles. The van der Waals surface area contributed by atoms with Crippen molar-refractivity contribution in [1.29, 1.82) is 0 Å². The fraction of sp³-hybridized carbons (Fsp3) is 0.556. The lowest BCUT2D eigenvalue weighted by Crippen LogP contribution is -1.89. The Morgan fingerprint density at radius 2 is 1.89 bits per heavy atom. The van der Waals surface area contributed by atoms with E-state index in [1.165, 1.54) is 5.57 Å². The van der Waals surface area contributed by atoms with Gasteiger partial charge in [0.05, 0.1) is 0 Å². The van der Waals surface area contributed by atoms with E-state index in [2.05, 4.69) is 45.9 Å². The van der Waals surface area contributed by atoms with Crippen LogP contribution in [0.3, 0.4) is 0 Å². The molecule has 0 aromatic rings. The summed E-state index contributed by atoms with van der Waals surface area (Å²) >= 11 is 0. The van der Waals surface area contributed by atoms with Crippen LogP contribution in [-0.4, -0.2) is 0 Å². The monoisotopic (exact) mass is 124 g/mol. The number of hydrogen-bond donors (Lipinski definition) is 0. The summed E-state index contributed by atoms with van der Waals surface area (Å²) < 4.78 is 0. The summed E-state index contributed by atoms with van der Waals surface area (Å²) in [5, 5.41) is 0. The van der Waals surface area contributed by atoms with E-state index in [4.69, 9.17) is 0 Å². The first-order valence-corrected chi connectivity index (χ1v) is 3.48. The Morgan fingerprint density at radius 1 is 1.33 bits per heavy atom. The fourth-order valence-corrected chi connectivity index (χ4v) is 0.703. The molecule has 0 aliphatic rings. The molecule has 52 valence electrons. The van der Waals surface area contributed by atoms with Gasteiger partial charge in [0.1, 0.15) is 0 Å². The smallest absolute Gasteiger partial charge is 0.00546 e. The molecule has 0 fully saturated rings. The highest BCUT2D eigenvalue weighted by Crippen LogP contribution is 2.09. The Hall–Kier alpha value is -0.520. The molecule has 0 heterocycles. The van der Waals surface area contributed by atoms with Gasteiger partial charge < -0.3 is 0 Å². The van der Waals surface area contributed by atoms with Crippen LogP contribution in [0.4, 0.5) is 0 Å². The summed E-state index contributed by atoms with van der Waals surface area (Å²) in [6.45, 7) is 8.49. The molecular weight excluding hydrogens is 108 g/mol. The molecule has 0 aliphatic carbocycles. The van der Waals surface area contributed by atoms with Crippen molar-refractivity contribution in [2.24, 2.45) is 5.92 Å². The lowest BCUT2D eigenvalue weighted by molar-refractivity contribution is 0.858. The maximum absolute atomic E-state index is 2.20. The summed E-state index contributed by atoms with van der Waals surface area (Å²) in [5.74, 6) is 0.611. The highest BCUT2D eigenvalue weighted by Gasteiger charge is 1.94. The molecule has 9 heavy (non-hydrogen) atoms. The van der Waals surface area contributed by atoms with Crippen LogP contribution in [-0.2, 0) is 0 Å². The maximum Gasteiger partial charge on any atom is -0.00546 e. The van der Waals surface area contributed by atoms with Crippen molar-refractivity contribution in [1.82, 2.24) is 0 Å². The van der Waals surface area contributed by atoms with Crippen molar-refractivity contribution in [3.63, 3.8) is 0 Å². The van der Waals surface area contributed by atoms with Crippen molar-refractivity contribution in [3.8, 4) is 0 Å². The van der Waals surface area contributed by atoms with Gasteiger partial charge in [0.15, 0.2) is 0 Å². The third-order valence-corrected chi connectivity index (χ3v) is 1.65. The zero-order valence-corrected chi connectivity index (χ0v) is 6.81. The molecule has 0 bridgehead atoms. The van der Waals surface area contributed by atoms with E-state index in [1.54, 1.807) is 0 Å². The van der Waals surface area contributed by atoms with Crippen LogP contribution in [0.1, 0.15) is 27.7 Å². The maximum atomic E-state index is 2.20. The standard InChI is InChI=1S/C9H16/c1-5-7-9(4)8(3)6-2/h5-7,9H,1-4H3. The van der Waals surface area contributed by atoms with Crippen LogP contribution >= 0.6 is 0 Å². The normalized spacial score (nSPS) is 16.7. The van der Waals surface area contributed by atoms with Crippen molar-refractivity contribution >= 4 is 0 Å². The Morgan fingerprint density at radius 3 is 2.22 bits per heavy atom. The molecule has 0 amide bonds. The van der Waals surface area contributed by atoms with E-state index in [1.807, 2.05) is 0 Å². The molecule has 0 aromatic heterocycles. The Bertz CT molecular complexity index is 118. The van der Waals surface area contributed by atoms with Gasteiger partial charge >= 0.3 is 0 Å². The minimum Gasteiger partial charge on any atom is -0.0911 e. The number of allylic oxidation sites excluding steroid dienone is 4. The summed E-state index contributed by atoms with van der Waals surface area (Å²) in [4.78, 5) is 0. The van der Waals surface area contributed by atoms with Gasteiger partial charge in [-0.25, -0.2) is 0 Å². The predicted molar refractivity (Wildman–Crippen MR) is 43.4 cm³/mol. The Kier molecular flexibility index (Phi) is 4.12. The zero-order chi connectivity index (χ0) is 7.28. The van der Waals surface area contributed by atoms with E-state index < -0.39 is 0 Å². The largest absolute Gasteiger partial charge is 0.0911 e. The van der Waals surface area contributed by atoms with Crippen LogP contribution in [0.2, 0.25) is 0 Å². The highest BCUT2D eigenvalue weighted by atomic mass is 14.0. The molecule has 1 unspecified atom stereocenters. The van der Waals surface area contributed by atoms with Gasteiger partial charge in [-0.1, -0.05) is 30.7 Å². The van der Waals surface area contributed by atoms with Crippen molar-refractivity contribution in [3.05, 3.63) is 23.8 Å². The zero-order valence-electron chi connectivity index (χ0n) is 6.81. The first-order valence-electron chi connectivity index (χ1n) is 3.48. The van der Waals surface area contributed by atoms with Gasteiger partial charge in [-0.05, 0) is 26.7 Å². The van der Waals surface area contributed by atoms with E-state index in [9.17, 15) is 0 Å². The van der Waals surface area contributed by atoms with E-state index in [0.717, 1.165) is 0 Å². The molecule has 0 heteroatoms.